The molecule has 3 aromatic rings. The SMILES string of the molecule is COCc1cccc(Cn2cc(-c3ccnc(N)n3)nn2)n1. The summed E-state index contributed by atoms with van der Waals surface area (Å²) in [6.45, 7) is 1.00. The van der Waals surface area contributed by atoms with E-state index in [1.807, 2.05) is 18.2 Å². The van der Waals surface area contributed by atoms with Crippen molar-refractivity contribution in [3.8, 4) is 11.4 Å². The molecule has 0 saturated heterocycles. The molecule has 0 spiro atoms. The number of methoxy groups -OCH3 is 1. The Hall–Kier alpha value is -2.87. The molecule has 22 heavy (non-hydrogen) atoms. The quantitative estimate of drug-likeness (QED) is 0.746. The van der Waals surface area contributed by atoms with Gasteiger partial charge in [-0.3, -0.25) is 4.98 Å². The van der Waals surface area contributed by atoms with Crippen molar-refractivity contribution < 1.29 is 4.74 Å². The fourth-order valence-corrected chi connectivity index (χ4v) is 2.02. The summed E-state index contributed by atoms with van der Waals surface area (Å²) in [7, 11) is 1.64. The van der Waals surface area contributed by atoms with Gasteiger partial charge in [0.2, 0.25) is 5.95 Å². The number of anilines is 1. The molecule has 3 aromatic heterocycles. The Morgan fingerprint density at radius 3 is 2.82 bits per heavy atom. The highest BCUT2D eigenvalue weighted by Gasteiger charge is 2.07. The first-order chi connectivity index (χ1) is 10.7. The summed E-state index contributed by atoms with van der Waals surface area (Å²) >= 11 is 0. The zero-order valence-electron chi connectivity index (χ0n) is 12.0. The number of aromatic nitrogens is 6. The van der Waals surface area contributed by atoms with E-state index in [1.54, 1.807) is 30.3 Å². The largest absolute Gasteiger partial charge is 0.378 e. The van der Waals surface area contributed by atoms with Crippen LogP contribution in [-0.2, 0) is 17.9 Å². The molecule has 0 bridgehead atoms. The van der Waals surface area contributed by atoms with Crippen molar-refractivity contribution in [1.29, 1.82) is 0 Å². The molecule has 0 aliphatic carbocycles. The smallest absolute Gasteiger partial charge is 0.220 e. The maximum Gasteiger partial charge on any atom is 0.220 e. The van der Waals surface area contributed by atoms with Crippen LogP contribution in [-0.4, -0.2) is 37.1 Å². The Kier molecular flexibility index (Phi) is 4.01. The molecule has 0 amide bonds. The van der Waals surface area contributed by atoms with Crippen LogP contribution in [0.1, 0.15) is 11.4 Å². The Bertz CT molecular complexity index is 771. The summed E-state index contributed by atoms with van der Waals surface area (Å²) < 4.78 is 6.78. The fraction of sp³-hybridized carbons (Fsp3) is 0.214. The minimum absolute atomic E-state index is 0.209. The first-order valence-electron chi connectivity index (χ1n) is 6.67. The summed E-state index contributed by atoms with van der Waals surface area (Å²) in [6, 6.07) is 7.54. The molecule has 0 radical (unpaired) electrons. The van der Waals surface area contributed by atoms with E-state index in [0.717, 1.165) is 11.4 Å². The molecule has 0 atom stereocenters. The lowest BCUT2D eigenvalue weighted by Crippen LogP contribution is -2.04. The van der Waals surface area contributed by atoms with Gasteiger partial charge in [-0.2, -0.15) is 0 Å². The average molecular weight is 297 g/mol. The van der Waals surface area contributed by atoms with E-state index in [2.05, 4.69) is 25.3 Å². The van der Waals surface area contributed by atoms with Crippen molar-refractivity contribution in [2.24, 2.45) is 0 Å². The predicted molar refractivity (Wildman–Crippen MR) is 79.5 cm³/mol. The Labute approximate surface area is 127 Å². The molecular formula is C14H15N7O. The van der Waals surface area contributed by atoms with Gasteiger partial charge in [-0.1, -0.05) is 11.3 Å². The number of rotatable bonds is 5. The normalized spacial score (nSPS) is 10.8. The molecule has 3 rings (SSSR count). The van der Waals surface area contributed by atoms with Crippen molar-refractivity contribution >= 4 is 5.95 Å². The monoisotopic (exact) mass is 297 g/mol. The maximum absolute atomic E-state index is 5.57. The van der Waals surface area contributed by atoms with E-state index in [9.17, 15) is 0 Å². The van der Waals surface area contributed by atoms with Gasteiger partial charge in [-0.25, -0.2) is 14.6 Å². The number of nitrogens with two attached hydrogens (primary N) is 1. The zero-order chi connectivity index (χ0) is 15.4. The molecule has 112 valence electrons. The minimum atomic E-state index is 0.209. The third-order valence-corrected chi connectivity index (χ3v) is 2.96. The van der Waals surface area contributed by atoms with E-state index in [0.29, 0.717) is 24.5 Å². The minimum Gasteiger partial charge on any atom is -0.378 e. The van der Waals surface area contributed by atoms with Crippen LogP contribution < -0.4 is 5.73 Å². The van der Waals surface area contributed by atoms with E-state index >= 15 is 0 Å². The molecule has 3 heterocycles. The number of ether oxygens (including phenoxy) is 1. The highest BCUT2D eigenvalue weighted by atomic mass is 16.5. The van der Waals surface area contributed by atoms with Crippen LogP contribution in [0.15, 0.2) is 36.7 Å². The number of nitrogen functional groups attached to an aromatic ring is 1. The third-order valence-electron chi connectivity index (χ3n) is 2.96. The standard InChI is InChI=1S/C14H15N7O/c1-22-9-11-4-2-3-10(17-11)7-21-8-13(19-20-21)12-5-6-16-14(15)18-12/h2-6,8H,7,9H2,1H3,(H2,15,16,18). The summed E-state index contributed by atoms with van der Waals surface area (Å²) in [5.41, 5.74) is 8.61. The number of hydrogen-bond donors (Lipinski definition) is 1. The number of pyridine rings is 1. The highest BCUT2D eigenvalue weighted by molar-refractivity contribution is 5.52. The van der Waals surface area contributed by atoms with E-state index in [-0.39, 0.29) is 5.95 Å². The summed E-state index contributed by atoms with van der Waals surface area (Å²) in [4.78, 5) is 12.5. The lowest BCUT2D eigenvalue weighted by atomic mass is 10.3. The van der Waals surface area contributed by atoms with Crippen LogP contribution in [0.5, 0.6) is 0 Å². The zero-order valence-corrected chi connectivity index (χ0v) is 12.0. The number of hydrogen-bond acceptors (Lipinski definition) is 7. The molecule has 0 unspecified atom stereocenters. The lowest BCUT2D eigenvalue weighted by molar-refractivity contribution is 0.181. The Morgan fingerprint density at radius 2 is 2.00 bits per heavy atom. The van der Waals surface area contributed by atoms with E-state index in [1.165, 1.54) is 0 Å². The second-order valence-corrected chi connectivity index (χ2v) is 4.65. The molecule has 0 saturated carbocycles. The fourth-order valence-electron chi connectivity index (χ4n) is 2.02. The molecule has 0 fully saturated rings. The van der Waals surface area contributed by atoms with Crippen molar-refractivity contribution in [3.63, 3.8) is 0 Å². The molecule has 0 aliphatic rings. The van der Waals surface area contributed by atoms with Gasteiger partial charge >= 0.3 is 0 Å². The topological polar surface area (TPSA) is 105 Å². The average Bonchev–Trinajstić information content (AvgIpc) is 2.96. The summed E-state index contributed by atoms with van der Waals surface area (Å²) in [5, 5.41) is 8.18. The molecule has 8 heteroatoms. The molecule has 8 nitrogen and oxygen atoms in total. The van der Waals surface area contributed by atoms with Gasteiger partial charge in [0.1, 0.15) is 5.69 Å². The van der Waals surface area contributed by atoms with Gasteiger partial charge in [-0.15, -0.1) is 5.10 Å². The molecule has 2 N–H and O–H groups in total. The van der Waals surface area contributed by atoms with Crippen molar-refractivity contribution in [3.05, 3.63) is 48.0 Å². The van der Waals surface area contributed by atoms with E-state index in [4.69, 9.17) is 10.5 Å². The van der Waals surface area contributed by atoms with Crippen LogP contribution in [0.2, 0.25) is 0 Å². The van der Waals surface area contributed by atoms with Gasteiger partial charge < -0.3 is 10.5 Å². The Balaban J connectivity index is 1.78. The van der Waals surface area contributed by atoms with Crippen LogP contribution in [0.4, 0.5) is 5.95 Å². The van der Waals surface area contributed by atoms with Crippen molar-refractivity contribution in [2.75, 3.05) is 12.8 Å². The summed E-state index contributed by atoms with van der Waals surface area (Å²) in [6.07, 6.45) is 3.39. The number of nitrogens with zero attached hydrogens (tertiary/aromatic N) is 6. The van der Waals surface area contributed by atoms with Gasteiger partial charge in [0.15, 0.2) is 0 Å². The van der Waals surface area contributed by atoms with Gasteiger partial charge in [0.25, 0.3) is 0 Å². The first-order valence-corrected chi connectivity index (χ1v) is 6.67. The third kappa shape index (κ3) is 3.23. The van der Waals surface area contributed by atoms with Crippen LogP contribution >= 0.6 is 0 Å². The van der Waals surface area contributed by atoms with Crippen LogP contribution in [0, 0.1) is 0 Å². The van der Waals surface area contributed by atoms with Crippen molar-refractivity contribution in [2.45, 2.75) is 13.2 Å². The van der Waals surface area contributed by atoms with E-state index < -0.39 is 0 Å². The van der Waals surface area contributed by atoms with Crippen LogP contribution in [0.25, 0.3) is 11.4 Å². The molecule has 0 aliphatic heterocycles. The lowest BCUT2D eigenvalue weighted by Gasteiger charge is -2.03. The van der Waals surface area contributed by atoms with Gasteiger partial charge in [0, 0.05) is 13.3 Å². The van der Waals surface area contributed by atoms with Crippen LogP contribution in [0.3, 0.4) is 0 Å². The van der Waals surface area contributed by atoms with Crippen molar-refractivity contribution in [1.82, 2.24) is 29.9 Å². The molecule has 0 aromatic carbocycles. The molecular weight excluding hydrogens is 282 g/mol. The predicted octanol–water partition coefficient (Wildman–Crippen LogP) is 0.907. The first kappa shape index (κ1) is 14.1. The summed E-state index contributed by atoms with van der Waals surface area (Å²) in [5.74, 6) is 0.209. The second kappa shape index (κ2) is 6.27. The van der Waals surface area contributed by atoms with Gasteiger partial charge in [-0.05, 0) is 18.2 Å². The Morgan fingerprint density at radius 1 is 1.14 bits per heavy atom. The second-order valence-electron chi connectivity index (χ2n) is 4.65. The highest BCUT2D eigenvalue weighted by Crippen LogP contribution is 2.13. The maximum atomic E-state index is 5.57. The van der Waals surface area contributed by atoms with Gasteiger partial charge in [0.05, 0.1) is 36.4 Å².